The van der Waals surface area contributed by atoms with Gasteiger partial charge in [-0.25, -0.2) is 0 Å². The van der Waals surface area contributed by atoms with Gasteiger partial charge in [0.15, 0.2) is 0 Å². The molecule has 0 aromatic carbocycles. The highest BCUT2D eigenvalue weighted by atomic mass is 16.5. The Kier molecular flexibility index (Phi) is 17.5. The largest absolute Gasteiger partial charge is 0.481 e. The summed E-state index contributed by atoms with van der Waals surface area (Å²) in [6.07, 6.45) is 23.8. The van der Waals surface area contributed by atoms with Crippen LogP contribution in [-0.4, -0.2) is 23.1 Å². The molecule has 1 aliphatic carbocycles. The lowest BCUT2D eigenvalue weighted by atomic mass is 9.67. The van der Waals surface area contributed by atoms with E-state index < -0.39 is 17.3 Å². The van der Waals surface area contributed by atoms with E-state index >= 15 is 0 Å². The normalized spacial score (nSPS) is 21.2. The number of carboxylic acids is 1. The van der Waals surface area contributed by atoms with Crippen molar-refractivity contribution in [3.8, 4) is 0 Å². The van der Waals surface area contributed by atoms with Gasteiger partial charge in [0.05, 0.1) is 11.3 Å². The molecule has 0 aromatic rings. The minimum absolute atomic E-state index is 0.0593. The van der Waals surface area contributed by atoms with Crippen LogP contribution < -0.4 is 0 Å². The number of rotatable bonds is 21. The first-order valence-electron chi connectivity index (χ1n) is 15.2. The van der Waals surface area contributed by atoms with Crippen molar-refractivity contribution in [2.75, 3.05) is 0 Å². The van der Waals surface area contributed by atoms with Crippen LogP contribution in [0.4, 0.5) is 0 Å². The van der Waals surface area contributed by atoms with Crippen LogP contribution in [0.15, 0.2) is 0 Å². The zero-order chi connectivity index (χ0) is 25.9. The van der Waals surface area contributed by atoms with Crippen molar-refractivity contribution in [2.45, 2.75) is 169 Å². The maximum absolute atomic E-state index is 13.3. The zero-order valence-corrected chi connectivity index (χ0v) is 23.8. The van der Waals surface area contributed by atoms with Gasteiger partial charge in [-0.1, -0.05) is 117 Å². The second-order valence-corrected chi connectivity index (χ2v) is 11.9. The van der Waals surface area contributed by atoms with Crippen LogP contribution in [0.2, 0.25) is 0 Å². The molecule has 4 heteroatoms. The molecular weight excluding hydrogens is 436 g/mol. The lowest BCUT2D eigenvalue weighted by Gasteiger charge is -2.37. The van der Waals surface area contributed by atoms with Gasteiger partial charge in [0, 0.05) is 0 Å². The molecule has 0 aliphatic heterocycles. The number of aliphatic carboxylic acids is 1. The number of carboxylic acid groups (broad SMARTS) is 1. The highest BCUT2D eigenvalue weighted by molar-refractivity contribution is 5.84. The highest BCUT2D eigenvalue weighted by Crippen LogP contribution is 2.42. The predicted octanol–water partition coefficient (Wildman–Crippen LogP) is 9.49. The molecule has 0 aromatic heterocycles. The fourth-order valence-electron chi connectivity index (χ4n) is 5.66. The summed E-state index contributed by atoms with van der Waals surface area (Å²) in [6.45, 7) is 8.66. The van der Waals surface area contributed by atoms with E-state index in [4.69, 9.17) is 4.74 Å². The van der Waals surface area contributed by atoms with Gasteiger partial charge in [-0.3, -0.25) is 9.59 Å². The average Bonchev–Trinajstić information content (AvgIpc) is 2.81. The number of hydrogen-bond acceptors (Lipinski definition) is 3. The minimum atomic E-state index is -0.877. The fourth-order valence-corrected chi connectivity index (χ4v) is 5.66. The molecule has 3 atom stereocenters. The maximum Gasteiger partial charge on any atom is 0.312 e. The molecule has 0 spiro atoms. The highest BCUT2D eigenvalue weighted by Gasteiger charge is 2.48. The molecule has 206 valence electrons. The molecule has 3 unspecified atom stereocenters. The summed E-state index contributed by atoms with van der Waals surface area (Å²) < 4.78 is 6.10. The standard InChI is InChI=1S/C31H58O4/c1-5-6-7-8-9-10-11-14-17-22-27(23-18-15-12-13-16-21-26(2)3)35-30(34)31(4)25-20-19-24-28(31)29(32)33/h26-28H,5-25H2,1-4H3,(H,32,33). The summed E-state index contributed by atoms with van der Waals surface area (Å²) in [5.41, 5.74) is -0.877. The van der Waals surface area contributed by atoms with E-state index in [1.54, 1.807) is 0 Å². The Bertz CT molecular complexity index is 558. The number of hydrogen-bond donors (Lipinski definition) is 1. The SMILES string of the molecule is CCCCCCCCCCCC(CCCCCCCC(C)C)OC(=O)C1(C)CCCCC1C(=O)O. The number of esters is 1. The minimum Gasteiger partial charge on any atom is -0.481 e. The van der Waals surface area contributed by atoms with E-state index in [0.717, 1.165) is 44.4 Å². The molecule has 0 heterocycles. The van der Waals surface area contributed by atoms with Crippen molar-refractivity contribution in [3.63, 3.8) is 0 Å². The van der Waals surface area contributed by atoms with E-state index in [-0.39, 0.29) is 12.1 Å². The third-order valence-electron chi connectivity index (χ3n) is 8.18. The van der Waals surface area contributed by atoms with Gasteiger partial charge >= 0.3 is 11.9 Å². The van der Waals surface area contributed by atoms with Gasteiger partial charge in [0.25, 0.3) is 0 Å². The van der Waals surface area contributed by atoms with Gasteiger partial charge in [-0.2, -0.15) is 0 Å². The lowest BCUT2D eigenvalue weighted by Crippen LogP contribution is -2.44. The second kappa shape index (κ2) is 19.1. The topological polar surface area (TPSA) is 63.6 Å². The third kappa shape index (κ3) is 13.7. The maximum atomic E-state index is 13.3. The lowest BCUT2D eigenvalue weighted by molar-refractivity contribution is -0.174. The summed E-state index contributed by atoms with van der Waals surface area (Å²) in [7, 11) is 0. The summed E-state index contributed by atoms with van der Waals surface area (Å²) in [5, 5.41) is 9.72. The third-order valence-corrected chi connectivity index (χ3v) is 8.18. The Labute approximate surface area is 217 Å². The Morgan fingerprint density at radius 3 is 1.77 bits per heavy atom. The van der Waals surface area contributed by atoms with Crippen molar-refractivity contribution < 1.29 is 19.4 Å². The van der Waals surface area contributed by atoms with Crippen molar-refractivity contribution in [1.82, 2.24) is 0 Å². The van der Waals surface area contributed by atoms with Gasteiger partial charge < -0.3 is 9.84 Å². The van der Waals surface area contributed by atoms with Gasteiger partial charge in [-0.15, -0.1) is 0 Å². The number of unbranched alkanes of at least 4 members (excludes halogenated alkanes) is 12. The molecule has 0 amide bonds. The van der Waals surface area contributed by atoms with Crippen LogP contribution in [0.1, 0.15) is 163 Å². The van der Waals surface area contributed by atoms with Crippen molar-refractivity contribution in [2.24, 2.45) is 17.3 Å². The van der Waals surface area contributed by atoms with Crippen molar-refractivity contribution >= 4 is 11.9 Å². The van der Waals surface area contributed by atoms with Crippen LogP contribution in [-0.2, 0) is 14.3 Å². The van der Waals surface area contributed by atoms with Crippen molar-refractivity contribution in [1.29, 1.82) is 0 Å². The van der Waals surface area contributed by atoms with Crippen LogP contribution in [0.5, 0.6) is 0 Å². The Balaban J connectivity index is 2.49. The molecule has 1 saturated carbocycles. The van der Waals surface area contributed by atoms with E-state index in [1.807, 2.05) is 6.92 Å². The summed E-state index contributed by atoms with van der Waals surface area (Å²) in [5.74, 6) is -0.938. The molecule has 0 radical (unpaired) electrons. The van der Waals surface area contributed by atoms with E-state index in [1.165, 1.54) is 83.5 Å². The first kappa shape index (κ1) is 32.0. The van der Waals surface area contributed by atoms with Crippen LogP contribution in [0, 0.1) is 17.3 Å². The monoisotopic (exact) mass is 494 g/mol. The first-order chi connectivity index (χ1) is 16.8. The molecule has 4 nitrogen and oxygen atoms in total. The molecule has 1 aliphatic rings. The van der Waals surface area contributed by atoms with E-state index in [0.29, 0.717) is 12.8 Å². The van der Waals surface area contributed by atoms with Gasteiger partial charge in [0.1, 0.15) is 6.10 Å². The molecule has 35 heavy (non-hydrogen) atoms. The van der Waals surface area contributed by atoms with Gasteiger partial charge in [0.2, 0.25) is 0 Å². The first-order valence-corrected chi connectivity index (χ1v) is 15.2. The number of carbonyl (C=O) groups is 2. The molecule has 0 saturated heterocycles. The summed E-state index contributed by atoms with van der Waals surface area (Å²) in [6, 6.07) is 0. The molecule has 1 rings (SSSR count). The molecule has 1 fully saturated rings. The molecule has 1 N–H and O–H groups in total. The van der Waals surface area contributed by atoms with Crippen LogP contribution in [0.25, 0.3) is 0 Å². The average molecular weight is 495 g/mol. The van der Waals surface area contributed by atoms with Gasteiger partial charge in [-0.05, 0) is 51.4 Å². The quantitative estimate of drug-likeness (QED) is 0.127. The predicted molar refractivity (Wildman–Crippen MR) is 147 cm³/mol. The Morgan fingerprint density at radius 1 is 0.800 bits per heavy atom. The Hall–Kier alpha value is -1.06. The van der Waals surface area contributed by atoms with E-state index in [9.17, 15) is 14.7 Å². The Morgan fingerprint density at radius 2 is 1.29 bits per heavy atom. The molecular formula is C31H58O4. The smallest absolute Gasteiger partial charge is 0.312 e. The van der Waals surface area contributed by atoms with E-state index in [2.05, 4.69) is 20.8 Å². The fraction of sp³-hybridized carbons (Fsp3) is 0.935. The number of carbonyl (C=O) groups excluding carboxylic acids is 1. The zero-order valence-electron chi connectivity index (χ0n) is 23.8. The van der Waals surface area contributed by atoms with Crippen LogP contribution in [0.3, 0.4) is 0 Å². The molecule has 0 bridgehead atoms. The summed E-state index contributed by atoms with van der Waals surface area (Å²) in [4.78, 5) is 25.1. The van der Waals surface area contributed by atoms with Crippen LogP contribution >= 0.6 is 0 Å². The summed E-state index contributed by atoms with van der Waals surface area (Å²) >= 11 is 0. The number of ether oxygens (including phenoxy) is 1. The van der Waals surface area contributed by atoms with Crippen molar-refractivity contribution in [3.05, 3.63) is 0 Å². The second-order valence-electron chi connectivity index (χ2n) is 11.9.